The van der Waals surface area contributed by atoms with E-state index in [2.05, 4.69) is 10.2 Å². The van der Waals surface area contributed by atoms with Gasteiger partial charge in [0.1, 0.15) is 11.5 Å². The Balaban J connectivity index is 0.00000182. The lowest BCUT2D eigenvalue weighted by Crippen LogP contribution is -2.39. The molecule has 1 saturated carbocycles. The van der Waals surface area contributed by atoms with Gasteiger partial charge in [0.25, 0.3) is 0 Å². The number of amides is 1. The lowest BCUT2D eigenvalue weighted by molar-refractivity contribution is -0.122. The molecule has 1 aliphatic heterocycles. The highest BCUT2D eigenvalue weighted by atomic mass is 35.5. The number of hydrogen-bond donors (Lipinski definition) is 2. The molecule has 1 aliphatic carbocycles. The summed E-state index contributed by atoms with van der Waals surface area (Å²) in [6.07, 6.45) is 4.78. The lowest BCUT2D eigenvalue weighted by atomic mass is 9.99. The maximum absolute atomic E-state index is 12.3. The van der Waals surface area contributed by atoms with E-state index in [1.165, 1.54) is 0 Å². The number of halogens is 2. The Hall–Kier alpha value is -1.37. The van der Waals surface area contributed by atoms with Crippen LogP contribution in [0.15, 0.2) is 18.2 Å². The molecule has 1 unspecified atom stereocenters. The number of methoxy groups -OCH3 is 2. The van der Waals surface area contributed by atoms with Crippen LogP contribution in [0.3, 0.4) is 0 Å². The minimum Gasteiger partial charge on any atom is -0.497 e. The standard InChI is InChI=1S/C19H29N3O3.2ClH/c1-24-16-9-15(10-17(11-16)25-2)22-7-6-14(12-22)21-19(23)8-13-4-3-5-18(13)20;;/h9-11,13-14,18H,3-8,12,20H2,1-2H3,(H,21,23);2*1H/t13-,14?,18+;;/m0../s1. The van der Waals surface area contributed by atoms with E-state index >= 15 is 0 Å². The number of carbonyl (C=O) groups is 1. The third-order valence-corrected chi connectivity index (χ3v) is 5.42. The minimum absolute atomic E-state index is 0. The van der Waals surface area contributed by atoms with Crippen LogP contribution in [0.1, 0.15) is 32.1 Å². The summed E-state index contributed by atoms with van der Waals surface area (Å²) >= 11 is 0. The molecule has 0 spiro atoms. The normalized spacial score (nSPS) is 24.0. The predicted molar refractivity (Wildman–Crippen MR) is 113 cm³/mol. The molecule has 1 aromatic rings. The second kappa shape index (κ2) is 10.8. The van der Waals surface area contributed by atoms with Crippen LogP contribution in [-0.2, 0) is 4.79 Å². The van der Waals surface area contributed by atoms with Crippen LogP contribution in [0.4, 0.5) is 5.69 Å². The van der Waals surface area contributed by atoms with Crippen LogP contribution in [0, 0.1) is 5.92 Å². The molecule has 2 fully saturated rings. The van der Waals surface area contributed by atoms with Crippen molar-refractivity contribution in [2.24, 2.45) is 11.7 Å². The number of carbonyl (C=O) groups excluding carboxylic acids is 1. The molecule has 1 amide bonds. The molecule has 2 aliphatic rings. The van der Waals surface area contributed by atoms with Gasteiger partial charge in [-0.05, 0) is 25.2 Å². The fourth-order valence-corrected chi connectivity index (χ4v) is 3.93. The molecule has 1 aromatic carbocycles. The van der Waals surface area contributed by atoms with Crippen LogP contribution in [0.2, 0.25) is 0 Å². The summed E-state index contributed by atoms with van der Waals surface area (Å²) in [5, 5.41) is 3.18. The molecular weight excluding hydrogens is 389 g/mol. The van der Waals surface area contributed by atoms with E-state index in [4.69, 9.17) is 15.2 Å². The number of anilines is 1. The fourth-order valence-electron chi connectivity index (χ4n) is 3.93. The minimum atomic E-state index is 0. The largest absolute Gasteiger partial charge is 0.497 e. The van der Waals surface area contributed by atoms with Crippen LogP contribution in [0.5, 0.6) is 11.5 Å². The monoisotopic (exact) mass is 419 g/mol. The van der Waals surface area contributed by atoms with Crippen molar-refractivity contribution < 1.29 is 14.3 Å². The quantitative estimate of drug-likeness (QED) is 0.740. The number of ether oxygens (including phenoxy) is 2. The number of hydrogen-bond acceptors (Lipinski definition) is 5. The summed E-state index contributed by atoms with van der Waals surface area (Å²) < 4.78 is 10.7. The van der Waals surface area contributed by atoms with Gasteiger partial charge in [0, 0.05) is 55.5 Å². The molecule has 0 bridgehead atoms. The van der Waals surface area contributed by atoms with E-state index in [-0.39, 0.29) is 42.8 Å². The maximum Gasteiger partial charge on any atom is 0.220 e. The average molecular weight is 420 g/mol. The molecule has 6 nitrogen and oxygen atoms in total. The van der Waals surface area contributed by atoms with E-state index in [1.54, 1.807) is 14.2 Å². The Morgan fingerprint density at radius 2 is 1.81 bits per heavy atom. The number of nitrogens with two attached hydrogens (primary N) is 1. The van der Waals surface area contributed by atoms with Gasteiger partial charge in [0.2, 0.25) is 5.91 Å². The maximum atomic E-state index is 12.3. The second-order valence-electron chi connectivity index (χ2n) is 7.13. The van der Waals surface area contributed by atoms with Gasteiger partial charge in [0.15, 0.2) is 0 Å². The van der Waals surface area contributed by atoms with Crippen molar-refractivity contribution in [1.29, 1.82) is 0 Å². The van der Waals surface area contributed by atoms with Gasteiger partial charge in [-0.3, -0.25) is 4.79 Å². The molecule has 1 heterocycles. The Morgan fingerprint density at radius 3 is 2.37 bits per heavy atom. The van der Waals surface area contributed by atoms with Crippen molar-refractivity contribution in [2.75, 3.05) is 32.2 Å². The molecule has 27 heavy (non-hydrogen) atoms. The Labute approximate surface area is 174 Å². The van der Waals surface area contributed by atoms with Gasteiger partial charge in [0.05, 0.1) is 14.2 Å². The van der Waals surface area contributed by atoms with Crippen molar-refractivity contribution >= 4 is 36.4 Å². The van der Waals surface area contributed by atoms with Crippen molar-refractivity contribution in [2.45, 2.75) is 44.2 Å². The third kappa shape index (κ3) is 6.06. The van der Waals surface area contributed by atoms with Gasteiger partial charge in [-0.2, -0.15) is 0 Å². The zero-order chi connectivity index (χ0) is 17.8. The van der Waals surface area contributed by atoms with E-state index < -0.39 is 0 Å². The zero-order valence-electron chi connectivity index (χ0n) is 16.0. The first-order valence-corrected chi connectivity index (χ1v) is 9.12. The Kier molecular flexibility index (Phi) is 9.50. The first kappa shape index (κ1) is 23.7. The van der Waals surface area contributed by atoms with Gasteiger partial charge in [-0.25, -0.2) is 0 Å². The second-order valence-corrected chi connectivity index (χ2v) is 7.13. The van der Waals surface area contributed by atoms with E-state index in [0.717, 1.165) is 56.0 Å². The van der Waals surface area contributed by atoms with Crippen molar-refractivity contribution in [1.82, 2.24) is 5.32 Å². The summed E-state index contributed by atoms with van der Waals surface area (Å²) in [4.78, 5) is 14.6. The summed E-state index contributed by atoms with van der Waals surface area (Å²) in [5.41, 5.74) is 7.14. The van der Waals surface area contributed by atoms with Crippen LogP contribution in [-0.4, -0.2) is 45.3 Å². The van der Waals surface area contributed by atoms with Crippen LogP contribution >= 0.6 is 24.8 Å². The van der Waals surface area contributed by atoms with Gasteiger partial charge < -0.3 is 25.4 Å². The molecule has 0 radical (unpaired) electrons. The number of benzene rings is 1. The molecule has 0 aromatic heterocycles. The number of nitrogens with zero attached hydrogens (tertiary/aromatic N) is 1. The van der Waals surface area contributed by atoms with Gasteiger partial charge in [-0.1, -0.05) is 6.42 Å². The first-order valence-electron chi connectivity index (χ1n) is 9.12. The first-order chi connectivity index (χ1) is 12.1. The summed E-state index contributed by atoms with van der Waals surface area (Å²) in [7, 11) is 3.30. The fraction of sp³-hybridized carbons (Fsp3) is 0.632. The van der Waals surface area contributed by atoms with Gasteiger partial charge in [-0.15, -0.1) is 24.8 Å². The topological polar surface area (TPSA) is 76.8 Å². The van der Waals surface area contributed by atoms with Crippen molar-refractivity contribution in [3.8, 4) is 11.5 Å². The highest BCUT2D eigenvalue weighted by Gasteiger charge is 2.29. The molecule has 8 heteroatoms. The predicted octanol–water partition coefficient (Wildman–Crippen LogP) is 2.76. The van der Waals surface area contributed by atoms with Crippen LogP contribution < -0.4 is 25.4 Å². The Bertz CT molecular complexity index is 596. The highest BCUT2D eigenvalue weighted by Crippen LogP contribution is 2.31. The van der Waals surface area contributed by atoms with E-state index in [0.29, 0.717) is 12.3 Å². The molecule has 3 rings (SSSR count). The number of nitrogens with one attached hydrogen (secondary N) is 1. The summed E-state index contributed by atoms with van der Waals surface area (Å²) in [5.74, 6) is 2.03. The van der Waals surface area contributed by atoms with Crippen LogP contribution in [0.25, 0.3) is 0 Å². The van der Waals surface area contributed by atoms with Gasteiger partial charge >= 0.3 is 0 Å². The SMILES string of the molecule is COc1cc(OC)cc(N2CCC(NC(=O)C[C@@H]3CCC[C@H]3N)C2)c1.Cl.Cl. The molecule has 3 atom stereocenters. The number of rotatable bonds is 6. The molecule has 3 N–H and O–H groups in total. The third-order valence-electron chi connectivity index (χ3n) is 5.42. The highest BCUT2D eigenvalue weighted by molar-refractivity contribution is 5.85. The smallest absolute Gasteiger partial charge is 0.220 e. The van der Waals surface area contributed by atoms with Crippen molar-refractivity contribution in [3.63, 3.8) is 0 Å². The average Bonchev–Trinajstić information content (AvgIpc) is 3.24. The zero-order valence-corrected chi connectivity index (χ0v) is 17.6. The summed E-state index contributed by atoms with van der Waals surface area (Å²) in [6.45, 7) is 1.71. The molecular formula is C19H31Cl2N3O3. The summed E-state index contributed by atoms with van der Waals surface area (Å²) in [6, 6.07) is 6.25. The lowest BCUT2D eigenvalue weighted by Gasteiger charge is -2.21. The van der Waals surface area contributed by atoms with E-state index in [1.807, 2.05) is 18.2 Å². The van der Waals surface area contributed by atoms with E-state index in [9.17, 15) is 4.79 Å². The molecule has 1 saturated heterocycles. The molecule has 154 valence electrons. The van der Waals surface area contributed by atoms with Crippen molar-refractivity contribution in [3.05, 3.63) is 18.2 Å². The Morgan fingerprint density at radius 1 is 1.15 bits per heavy atom.